The Kier molecular flexibility index (Phi) is 5.62. The van der Waals surface area contributed by atoms with E-state index in [0.29, 0.717) is 5.56 Å². The van der Waals surface area contributed by atoms with Gasteiger partial charge in [-0.2, -0.15) is 5.10 Å². The molecule has 0 aliphatic rings. The summed E-state index contributed by atoms with van der Waals surface area (Å²) in [6.07, 6.45) is 1.68. The molecular formula is C17H17N5OS2. The zero-order valence-corrected chi connectivity index (χ0v) is 15.5. The number of nitrogens with zero attached hydrogens (tertiary/aromatic N) is 4. The average Bonchev–Trinajstić information content (AvgIpc) is 3.30. The lowest BCUT2D eigenvalue weighted by atomic mass is 10.1. The number of carbonyl (C=O) groups excluding carboxylic acids is 1. The minimum absolute atomic E-state index is 0.219. The van der Waals surface area contributed by atoms with E-state index in [0.717, 1.165) is 27.1 Å². The van der Waals surface area contributed by atoms with E-state index in [9.17, 15) is 4.79 Å². The zero-order valence-electron chi connectivity index (χ0n) is 13.8. The lowest BCUT2D eigenvalue weighted by Gasteiger charge is -2.04. The van der Waals surface area contributed by atoms with Crippen molar-refractivity contribution in [2.75, 3.05) is 0 Å². The quantitative estimate of drug-likeness (QED) is 0.410. The summed E-state index contributed by atoms with van der Waals surface area (Å²) in [5.74, 6) is 0.549. The van der Waals surface area contributed by atoms with Gasteiger partial charge in [0.15, 0.2) is 5.16 Å². The Morgan fingerprint density at radius 2 is 2.12 bits per heavy atom. The molecule has 6 nitrogen and oxygen atoms in total. The molecule has 0 unspecified atom stereocenters. The molecular weight excluding hydrogens is 354 g/mol. The number of rotatable bonds is 6. The topological polar surface area (TPSA) is 72.2 Å². The molecule has 3 rings (SSSR count). The van der Waals surface area contributed by atoms with Crippen LogP contribution in [0.15, 0.2) is 58.4 Å². The number of nitrogens with one attached hydrogen (secondary N) is 1. The molecule has 2 aromatic heterocycles. The first-order chi connectivity index (χ1) is 12.1. The Balaban J connectivity index is 1.57. The van der Waals surface area contributed by atoms with Crippen LogP contribution < -0.4 is 5.43 Å². The van der Waals surface area contributed by atoms with Gasteiger partial charge in [-0.3, -0.25) is 4.79 Å². The van der Waals surface area contributed by atoms with Gasteiger partial charge in [-0.25, -0.2) is 5.43 Å². The Bertz CT molecular complexity index is 869. The molecule has 0 spiro atoms. The third-order valence-corrected chi connectivity index (χ3v) is 5.54. The molecule has 0 saturated carbocycles. The summed E-state index contributed by atoms with van der Waals surface area (Å²) in [6.45, 7) is 1.87. The van der Waals surface area contributed by atoms with E-state index in [1.54, 1.807) is 41.6 Å². The molecule has 0 atom stereocenters. The number of aryl methyl sites for hydroxylation is 1. The van der Waals surface area contributed by atoms with E-state index in [-0.39, 0.29) is 5.91 Å². The van der Waals surface area contributed by atoms with Crippen molar-refractivity contribution in [3.05, 3.63) is 64.1 Å². The van der Waals surface area contributed by atoms with Gasteiger partial charge in [-0.1, -0.05) is 30.0 Å². The third kappa shape index (κ3) is 4.55. The molecule has 0 aliphatic heterocycles. The number of aromatic nitrogens is 3. The van der Waals surface area contributed by atoms with Gasteiger partial charge in [0.05, 0.1) is 5.71 Å². The average molecular weight is 371 g/mol. The summed E-state index contributed by atoms with van der Waals surface area (Å²) in [4.78, 5) is 13.2. The fourth-order valence-corrected chi connectivity index (χ4v) is 3.56. The normalized spacial score (nSPS) is 11.5. The summed E-state index contributed by atoms with van der Waals surface area (Å²) >= 11 is 3.19. The summed E-state index contributed by atoms with van der Waals surface area (Å²) in [5.41, 5.74) is 5.08. The zero-order chi connectivity index (χ0) is 17.6. The standard InChI is InChI=1S/C17H17N5OS2/c1-12(15-4-3-9-24-15)19-20-16(23)14-7-5-13(6-8-14)10-25-17-21-18-11-22(17)2/h3-9,11H,10H2,1-2H3,(H,20,23)/b19-12+. The van der Waals surface area contributed by atoms with Gasteiger partial charge >= 0.3 is 0 Å². The Morgan fingerprint density at radius 3 is 2.76 bits per heavy atom. The Labute approximate surface area is 154 Å². The van der Waals surface area contributed by atoms with Crippen LogP contribution in [0.4, 0.5) is 0 Å². The first kappa shape index (κ1) is 17.4. The van der Waals surface area contributed by atoms with Crippen molar-refractivity contribution < 1.29 is 4.79 Å². The van der Waals surface area contributed by atoms with Crippen LogP contribution in [0.1, 0.15) is 27.7 Å². The van der Waals surface area contributed by atoms with E-state index >= 15 is 0 Å². The number of thioether (sulfide) groups is 1. The monoisotopic (exact) mass is 371 g/mol. The number of hydrogen-bond acceptors (Lipinski definition) is 6. The molecule has 1 N–H and O–H groups in total. The summed E-state index contributed by atoms with van der Waals surface area (Å²) in [5, 5.41) is 14.9. The van der Waals surface area contributed by atoms with Gasteiger partial charge in [0, 0.05) is 23.2 Å². The second-order valence-electron chi connectivity index (χ2n) is 5.33. The highest BCUT2D eigenvalue weighted by Gasteiger charge is 2.07. The predicted molar refractivity (Wildman–Crippen MR) is 101 cm³/mol. The fraction of sp³-hybridized carbons (Fsp3) is 0.176. The molecule has 25 heavy (non-hydrogen) atoms. The molecule has 1 aromatic carbocycles. The summed E-state index contributed by atoms with van der Waals surface area (Å²) in [7, 11) is 1.91. The number of benzene rings is 1. The molecule has 3 aromatic rings. The molecule has 1 amide bonds. The Hall–Kier alpha value is -2.45. The highest BCUT2D eigenvalue weighted by Crippen LogP contribution is 2.20. The number of hydrazone groups is 1. The molecule has 0 fully saturated rings. The molecule has 2 heterocycles. The second-order valence-corrected chi connectivity index (χ2v) is 7.22. The number of carbonyl (C=O) groups is 1. The van der Waals surface area contributed by atoms with Crippen molar-refractivity contribution in [1.29, 1.82) is 0 Å². The van der Waals surface area contributed by atoms with Crippen LogP contribution in [0.5, 0.6) is 0 Å². The molecule has 0 bridgehead atoms. The number of amides is 1. The van der Waals surface area contributed by atoms with Gasteiger partial charge < -0.3 is 4.57 Å². The number of hydrogen-bond donors (Lipinski definition) is 1. The lowest BCUT2D eigenvalue weighted by Crippen LogP contribution is -2.19. The van der Waals surface area contributed by atoms with E-state index in [4.69, 9.17) is 0 Å². The van der Waals surface area contributed by atoms with Crippen LogP contribution >= 0.6 is 23.1 Å². The van der Waals surface area contributed by atoms with E-state index in [1.807, 2.05) is 48.2 Å². The van der Waals surface area contributed by atoms with Crippen LogP contribution in [-0.2, 0) is 12.8 Å². The van der Waals surface area contributed by atoms with E-state index < -0.39 is 0 Å². The summed E-state index contributed by atoms with van der Waals surface area (Å²) < 4.78 is 1.88. The van der Waals surface area contributed by atoms with Crippen molar-refractivity contribution in [3.63, 3.8) is 0 Å². The second kappa shape index (κ2) is 8.09. The molecule has 0 aliphatic carbocycles. The van der Waals surface area contributed by atoms with Crippen molar-refractivity contribution in [3.8, 4) is 0 Å². The van der Waals surface area contributed by atoms with Crippen LogP contribution in [0, 0.1) is 0 Å². The molecule has 0 radical (unpaired) electrons. The van der Waals surface area contributed by atoms with Crippen molar-refractivity contribution in [1.82, 2.24) is 20.2 Å². The predicted octanol–water partition coefficient (Wildman–Crippen LogP) is 3.32. The van der Waals surface area contributed by atoms with Crippen LogP contribution in [0.3, 0.4) is 0 Å². The highest BCUT2D eigenvalue weighted by atomic mass is 32.2. The smallest absolute Gasteiger partial charge is 0.271 e. The fourth-order valence-electron chi connectivity index (χ4n) is 2.04. The van der Waals surface area contributed by atoms with Gasteiger partial charge in [0.25, 0.3) is 5.91 Å². The van der Waals surface area contributed by atoms with Crippen molar-refractivity contribution in [2.45, 2.75) is 17.8 Å². The lowest BCUT2D eigenvalue weighted by molar-refractivity contribution is 0.0955. The van der Waals surface area contributed by atoms with Gasteiger partial charge in [-0.05, 0) is 36.1 Å². The molecule has 128 valence electrons. The van der Waals surface area contributed by atoms with Crippen LogP contribution in [0.2, 0.25) is 0 Å². The maximum absolute atomic E-state index is 12.2. The molecule has 8 heteroatoms. The first-order valence-corrected chi connectivity index (χ1v) is 9.44. The Morgan fingerprint density at radius 1 is 1.32 bits per heavy atom. The van der Waals surface area contributed by atoms with Crippen molar-refractivity contribution >= 4 is 34.7 Å². The maximum Gasteiger partial charge on any atom is 0.271 e. The highest BCUT2D eigenvalue weighted by molar-refractivity contribution is 7.98. The van der Waals surface area contributed by atoms with Crippen molar-refractivity contribution in [2.24, 2.45) is 12.1 Å². The SMILES string of the molecule is C/C(=N\NC(=O)c1ccc(CSc2nncn2C)cc1)c1cccs1. The minimum atomic E-state index is -0.219. The van der Waals surface area contributed by atoms with Crippen LogP contribution in [-0.4, -0.2) is 26.4 Å². The van der Waals surface area contributed by atoms with Crippen LogP contribution in [0.25, 0.3) is 0 Å². The van der Waals surface area contributed by atoms with E-state index in [2.05, 4.69) is 20.7 Å². The first-order valence-electron chi connectivity index (χ1n) is 7.58. The van der Waals surface area contributed by atoms with Gasteiger partial charge in [-0.15, -0.1) is 21.5 Å². The maximum atomic E-state index is 12.2. The summed E-state index contributed by atoms with van der Waals surface area (Å²) in [6, 6.07) is 11.4. The van der Waals surface area contributed by atoms with E-state index in [1.165, 1.54) is 0 Å². The minimum Gasteiger partial charge on any atom is -0.312 e. The largest absolute Gasteiger partial charge is 0.312 e. The number of thiophene rings is 1. The third-order valence-electron chi connectivity index (χ3n) is 3.46. The molecule has 0 saturated heterocycles. The van der Waals surface area contributed by atoms with Gasteiger partial charge in [0.2, 0.25) is 0 Å². The van der Waals surface area contributed by atoms with Gasteiger partial charge in [0.1, 0.15) is 6.33 Å².